The van der Waals surface area contributed by atoms with Crippen LogP contribution < -0.4 is 5.32 Å². The molecule has 0 aliphatic carbocycles. The minimum absolute atomic E-state index is 0.267. The molecule has 8 nitrogen and oxygen atoms in total. The van der Waals surface area contributed by atoms with E-state index in [2.05, 4.69) is 10.3 Å². The van der Waals surface area contributed by atoms with Crippen molar-refractivity contribution in [1.82, 2.24) is 4.98 Å². The van der Waals surface area contributed by atoms with Gasteiger partial charge in [0.05, 0.1) is 23.9 Å². The van der Waals surface area contributed by atoms with Crippen molar-refractivity contribution in [3.63, 3.8) is 0 Å². The van der Waals surface area contributed by atoms with Crippen molar-refractivity contribution < 1.29 is 30.0 Å². The van der Waals surface area contributed by atoms with Gasteiger partial charge in [0.15, 0.2) is 0 Å². The van der Waals surface area contributed by atoms with Gasteiger partial charge in [-0.3, -0.25) is 0 Å². The third kappa shape index (κ3) is 8.39. The molecule has 166 valence electrons. The first kappa shape index (κ1) is 24.3. The number of fused-ring (bicyclic) bond motifs is 1. The van der Waals surface area contributed by atoms with Crippen molar-refractivity contribution in [2.75, 3.05) is 18.5 Å². The lowest BCUT2D eigenvalue weighted by Crippen LogP contribution is -2.23. The second-order valence-electron chi connectivity index (χ2n) is 6.58. The fourth-order valence-corrected chi connectivity index (χ4v) is 2.61. The van der Waals surface area contributed by atoms with Crippen molar-refractivity contribution in [2.45, 2.75) is 6.10 Å². The minimum atomic E-state index is -1.26. The monoisotopic (exact) mass is 436 g/mol. The summed E-state index contributed by atoms with van der Waals surface area (Å²) in [5.41, 5.74) is 3.71. The molecule has 0 radical (unpaired) electrons. The maximum atomic E-state index is 9.57. The Hall–Kier alpha value is -4.01. The van der Waals surface area contributed by atoms with E-state index in [4.69, 9.17) is 15.3 Å². The van der Waals surface area contributed by atoms with Crippen LogP contribution in [0.1, 0.15) is 11.3 Å². The Balaban J connectivity index is 0.000000390. The normalized spacial score (nSPS) is 11.8. The first-order chi connectivity index (χ1) is 15.4. The summed E-state index contributed by atoms with van der Waals surface area (Å²) in [5.74, 6) is -2.51. The molecule has 0 amide bonds. The topological polar surface area (TPSA) is 140 Å². The fourth-order valence-electron chi connectivity index (χ4n) is 2.61. The van der Waals surface area contributed by atoms with Gasteiger partial charge in [-0.05, 0) is 23.8 Å². The molecular weight excluding hydrogens is 412 g/mol. The van der Waals surface area contributed by atoms with Gasteiger partial charge in [0, 0.05) is 29.8 Å². The Morgan fingerprint density at radius 3 is 2.19 bits per heavy atom. The molecule has 0 spiro atoms. The summed E-state index contributed by atoms with van der Waals surface area (Å²) < 4.78 is 0. The Kier molecular flexibility index (Phi) is 9.58. The van der Waals surface area contributed by atoms with E-state index in [1.54, 1.807) is 0 Å². The van der Waals surface area contributed by atoms with Crippen LogP contribution in [0.25, 0.3) is 23.1 Å². The molecule has 0 fully saturated rings. The smallest absolute Gasteiger partial charge is 0.328 e. The highest BCUT2D eigenvalue weighted by atomic mass is 16.4. The average molecular weight is 436 g/mol. The number of aromatic nitrogens is 1. The van der Waals surface area contributed by atoms with Crippen molar-refractivity contribution in [3.8, 4) is 0 Å². The minimum Gasteiger partial charge on any atom is -0.478 e. The van der Waals surface area contributed by atoms with E-state index in [1.165, 1.54) is 0 Å². The molecule has 1 atom stereocenters. The van der Waals surface area contributed by atoms with Crippen molar-refractivity contribution in [3.05, 3.63) is 84.1 Å². The Morgan fingerprint density at radius 1 is 0.938 bits per heavy atom. The number of pyridine rings is 1. The predicted octanol–water partition coefficient (Wildman–Crippen LogP) is 2.88. The summed E-state index contributed by atoms with van der Waals surface area (Å²) >= 11 is 0. The van der Waals surface area contributed by atoms with E-state index < -0.39 is 18.0 Å². The van der Waals surface area contributed by atoms with Gasteiger partial charge in [-0.25, -0.2) is 14.6 Å². The van der Waals surface area contributed by atoms with E-state index in [9.17, 15) is 14.7 Å². The summed E-state index contributed by atoms with van der Waals surface area (Å²) in [7, 11) is 0. The summed E-state index contributed by atoms with van der Waals surface area (Å²) in [6.45, 7) is 0.0170. The Labute approximate surface area is 184 Å². The third-order valence-corrected chi connectivity index (χ3v) is 4.09. The second kappa shape index (κ2) is 12.6. The highest BCUT2D eigenvalue weighted by Crippen LogP contribution is 2.24. The van der Waals surface area contributed by atoms with Crippen molar-refractivity contribution in [1.29, 1.82) is 0 Å². The molecule has 32 heavy (non-hydrogen) atoms. The van der Waals surface area contributed by atoms with E-state index in [-0.39, 0.29) is 13.2 Å². The molecule has 0 aliphatic heterocycles. The number of nitrogens with one attached hydrogen (secondary N) is 1. The van der Waals surface area contributed by atoms with Gasteiger partial charge in [-0.1, -0.05) is 54.6 Å². The number of rotatable bonds is 8. The molecule has 3 aromatic rings. The first-order valence-electron chi connectivity index (χ1n) is 9.68. The molecular formula is C24H24N2O6. The van der Waals surface area contributed by atoms with Crippen LogP contribution in [-0.4, -0.2) is 56.6 Å². The molecule has 1 aromatic heterocycles. The molecule has 0 saturated heterocycles. The number of benzene rings is 2. The molecule has 1 heterocycles. The zero-order valence-electron chi connectivity index (χ0n) is 17.1. The quantitative estimate of drug-likeness (QED) is 0.340. The number of aliphatic hydroxyl groups excluding tert-OH is 2. The highest BCUT2D eigenvalue weighted by Gasteiger charge is 2.06. The van der Waals surface area contributed by atoms with Gasteiger partial charge in [0.2, 0.25) is 0 Å². The van der Waals surface area contributed by atoms with Crippen LogP contribution in [0.4, 0.5) is 5.69 Å². The van der Waals surface area contributed by atoms with E-state index >= 15 is 0 Å². The number of carboxylic acids is 2. The van der Waals surface area contributed by atoms with Crippen LogP contribution >= 0.6 is 0 Å². The lowest BCUT2D eigenvalue weighted by molar-refractivity contribution is -0.134. The van der Waals surface area contributed by atoms with Crippen LogP contribution in [0, 0.1) is 0 Å². The number of para-hydroxylation sites is 1. The predicted molar refractivity (Wildman–Crippen MR) is 123 cm³/mol. The summed E-state index contributed by atoms with van der Waals surface area (Å²) in [6.07, 6.45) is 4.31. The number of nitrogens with zero attached hydrogens (tertiary/aromatic N) is 1. The first-order valence-corrected chi connectivity index (χ1v) is 9.68. The third-order valence-electron chi connectivity index (χ3n) is 4.09. The molecule has 5 N–H and O–H groups in total. The van der Waals surface area contributed by atoms with Crippen LogP contribution in [0.15, 0.2) is 72.8 Å². The van der Waals surface area contributed by atoms with Gasteiger partial charge in [-0.2, -0.15) is 0 Å². The van der Waals surface area contributed by atoms with Crippen LogP contribution in [0.5, 0.6) is 0 Å². The highest BCUT2D eigenvalue weighted by molar-refractivity contribution is 5.93. The molecule has 0 aliphatic rings. The van der Waals surface area contributed by atoms with Crippen molar-refractivity contribution in [2.24, 2.45) is 0 Å². The van der Waals surface area contributed by atoms with Gasteiger partial charge >= 0.3 is 11.9 Å². The molecule has 8 heteroatoms. The van der Waals surface area contributed by atoms with Gasteiger partial charge < -0.3 is 25.7 Å². The SMILES string of the molecule is O=C(O)C=CC(=O)O.OCC(O)CNc1cc(C=Cc2ccccc2)nc2ccccc12. The van der Waals surface area contributed by atoms with Crippen LogP contribution in [0.3, 0.4) is 0 Å². The zero-order chi connectivity index (χ0) is 23.3. The maximum Gasteiger partial charge on any atom is 0.328 e. The Bertz CT molecular complexity index is 1080. The number of carbonyl (C=O) groups is 2. The number of carboxylic acid groups (broad SMARTS) is 2. The number of hydrogen-bond donors (Lipinski definition) is 5. The van der Waals surface area contributed by atoms with Crippen molar-refractivity contribution >= 4 is 40.7 Å². The molecule has 3 rings (SSSR count). The average Bonchev–Trinajstić information content (AvgIpc) is 2.80. The number of hydrogen-bond acceptors (Lipinski definition) is 6. The zero-order valence-corrected chi connectivity index (χ0v) is 17.1. The molecule has 0 saturated carbocycles. The second-order valence-corrected chi connectivity index (χ2v) is 6.58. The number of aliphatic hydroxyl groups is 2. The molecule has 1 unspecified atom stereocenters. The van der Waals surface area contributed by atoms with Gasteiger partial charge in [0.25, 0.3) is 0 Å². The van der Waals surface area contributed by atoms with Crippen LogP contribution in [-0.2, 0) is 9.59 Å². The molecule has 0 bridgehead atoms. The van der Waals surface area contributed by atoms with Gasteiger partial charge in [-0.15, -0.1) is 0 Å². The maximum absolute atomic E-state index is 9.57. The lowest BCUT2D eigenvalue weighted by atomic mass is 10.1. The van der Waals surface area contributed by atoms with E-state index in [1.807, 2.05) is 72.8 Å². The van der Waals surface area contributed by atoms with Crippen LogP contribution in [0.2, 0.25) is 0 Å². The van der Waals surface area contributed by atoms with Gasteiger partial charge in [0.1, 0.15) is 0 Å². The molecule has 2 aromatic carbocycles. The summed E-state index contributed by atoms with van der Waals surface area (Å²) in [6, 6.07) is 19.9. The Morgan fingerprint density at radius 2 is 1.56 bits per heavy atom. The summed E-state index contributed by atoms with van der Waals surface area (Å²) in [5, 5.41) is 38.4. The summed E-state index contributed by atoms with van der Waals surface area (Å²) in [4.78, 5) is 23.8. The van der Waals surface area contributed by atoms with E-state index in [0.717, 1.165) is 27.8 Å². The fraction of sp³-hybridized carbons (Fsp3) is 0.125. The van der Waals surface area contributed by atoms with E-state index in [0.29, 0.717) is 12.2 Å². The standard InChI is InChI=1S/C20H20N2O2.C4H4O4/c23-14-17(24)13-21-20-12-16(11-10-15-6-2-1-3-7-15)22-19-9-5-4-8-18(19)20;5-3(6)1-2-4(7)8/h1-12,17,23-24H,13-14H2,(H,21,22);1-2H,(H,5,6)(H,7,8). The lowest BCUT2D eigenvalue weighted by Gasteiger charge is -2.13. The number of aliphatic carboxylic acids is 2. The number of anilines is 1. The largest absolute Gasteiger partial charge is 0.478 e.